The van der Waals surface area contributed by atoms with Gasteiger partial charge in [0.1, 0.15) is 0 Å². The molecule has 3 nitrogen and oxygen atoms in total. The first-order valence-electron chi connectivity index (χ1n) is 3.30. The lowest BCUT2D eigenvalue weighted by molar-refractivity contribution is 0.530. The third-order valence-electron chi connectivity index (χ3n) is 1.27. The maximum atomic E-state index is 10.7. The number of nitrogens with zero attached hydrogens (tertiary/aromatic N) is 1. The highest BCUT2D eigenvalue weighted by Gasteiger charge is 2.01. The average molecular weight is 194 g/mol. The van der Waals surface area contributed by atoms with Crippen molar-refractivity contribution in [2.75, 3.05) is 32.6 Å². The van der Waals surface area contributed by atoms with Crippen molar-refractivity contribution in [1.82, 2.24) is 10.2 Å². The summed E-state index contributed by atoms with van der Waals surface area (Å²) in [6, 6.07) is 0. The molecule has 0 radical (unpaired) electrons. The van der Waals surface area contributed by atoms with Gasteiger partial charge in [-0.05, 0) is 12.2 Å². The summed E-state index contributed by atoms with van der Waals surface area (Å²) in [7, 11) is 2.93. The van der Waals surface area contributed by atoms with E-state index in [1.807, 2.05) is 11.9 Å². The normalized spacial score (nSPS) is 12.3. The largest absolute Gasteiger partial charge is 0.366 e. The van der Waals surface area contributed by atoms with E-state index in [1.54, 1.807) is 13.3 Å². The van der Waals surface area contributed by atoms with Gasteiger partial charge < -0.3 is 10.2 Å². The summed E-state index contributed by atoms with van der Waals surface area (Å²) >= 11 is 4.95. The van der Waals surface area contributed by atoms with Crippen molar-refractivity contribution in [2.45, 2.75) is 0 Å². The van der Waals surface area contributed by atoms with Gasteiger partial charge in [0.25, 0.3) is 0 Å². The highest BCUT2D eigenvalue weighted by atomic mass is 32.2. The van der Waals surface area contributed by atoms with E-state index < -0.39 is 10.8 Å². The lowest BCUT2D eigenvalue weighted by Crippen LogP contribution is -2.36. The van der Waals surface area contributed by atoms with E-state index in [2.05, 4.69) is 5.32 Å². The number of hydrogen-bond donors (Lipinski definition) is 1. The molecule has 0 heterocycles. The fourth-order valence-corrected chi connectivity index (χ4v) is 1.18. The molecule has 0 bridgehead atoms. The highest BCUT2D eigenvalue weighted by molar-refractivity contribution is 7.84. The zero-order valence-electron chi connectivity index (χ0n) is 7.09. The van der Waals surface area contributed by atoms with Crippen LogP contribution in [0, 0.1) is 0 Å². The van der Waals surface area contributed by atoms with E-state index in [1.165, 1.54) is 0 Å². The van der Waals surface area contributed by atoms with Gasteiger partial charge in [0.05, 0.1) is 0 Å². The minimum absolute atomic E-state index is 0.665. The monoisotopic (exact) mass is 194 g/mol. The summed E-state index contributed by atoms with van der Waals surface area (Å²) < 4.78 is 10.7. The standard InChI is InChI=1S/C6H14N2OS2/c1-7-6(10)8(2)4-5-11(3)9/h4-5H2,1-3H3,(H,7,10). The van der Waals surface area contributed by atoms with Crippen LogP contribution in [0.5, 0.6) is 0 Å². The Bertz CT molecular complexity index is 161. The topological polar surface area (TPSA) is 32.3 Å². The van der Waals surface area contributed by atoms with E-state index in [0.717, 1.165) is 6.54 Å². The Morgan fingerprint density at radius 2 is 2.27 bits per heavy atom. The van der Waals surface area contributed by atoms with Crippen molar-refractivity contribution in [3.63, 3.8) is 0 Å². The first kappa shape index (κ1) is 10.8. The molecular weight excluding hydrogens is 180 g/mol. The predicted molar refractivity (Wildman–Crippen MR) is 53.2 cm³/mol. The summed E-state index contributed by atoms with van der Waals surface area (Å²) in [4.78, 5) is 1.87. The van der Waals surface area contributed by atoms with E-state index in [-0.39, 0.29) is 0 Å². The second-order valence-electron chi connectivity index (χ2n) is 2.25. The smallest absolute Gasteiger partial charge is 0.168 e. The molecule has 0 aliphatic carbocycles. The maximum Gasteiger partial charge on any atom is 0.168 e. The van der Waals surface area contributed by atoms with Crippen LogP contribution in [0.15, 0.2) is 0 Å². The fourth-order valence-electron chi connectivity index (χ4n) is 0.558. The quantitative estimate of drug-likeness (QED) is 0.631. The van der Waals surface area contributed by atoms with E-state index in [9.17, 15) is 4.21 Å². The van der Waals surface area contributed by atoms with Gasteiger partial charge >= 0.3 is 0 Å². The Morgan fingerprint density at radius 3 is 2.64 bits per heavy atom. The molecule has 66 valence electrons. The van der Waals surface area contributed by atoms with Gasteiger partial charge in [-0.3, -0.25) is 4.21 Å². The molecule has 0 saturated heterocycles. The average Bonchev–Trinajstić information content (AvgIpc) is 1.98. The van der Waals surface area contributed by atoms with Gasteiger partial charge in [0.2, 0.25) is 0 Å². The van der Waals surface area contributed by atoms with Crippen LogP contribution in [-0.4, -0.2) is 46.9 Å². The van der Waals surface area contributed by atoms with Gasteiger partial charge in [-0.2, -0.15) is 0 Å². The molecule has 11 heavy (non-hydrogen) atoms. The van der Waals surface area contributed by atoms with Crippen LogP contribution in [-0.2, 0) is 10.8 Å². The molecule has 0 rings (SSSR count). The number of hydrogen-bond acceptors (Lipinski definition) is 2. The molecule has 0 aromatic carbocycles. The molecule has 0 spiro atoms. The lowest BCUT2D eigenvalue weighted by atomic mass is 10.6. The van der Waals surface area contributed by atoms with Crippen molar-refractivity contribution >= 4 is 28.1 Å². The zero-order chi connectivity index (χ0) is 8.85. The Morgan fingerprint density at radius 1 is 1.73 bits per heavy atom. The minimum atomic E-state index is -0.734. The van der Waals surface area contributed by atoms with Crippen LogP contribution >= 0.6 is 12.2 Å². The predicted octanol–water partition coefficient (Wildman–Crippen LogP) is -0.199. The lowest BCUT2D eigenvalue weighted by Gasteiger charge is -2.18. The van der Waals surface area contributed by atoms with E-state index >= 15 is 0 Å². The van der Waals surface area contributed by atoms with Crippen LogP contribution in [0.4, 0.5) is 0 Å². The van der Waals surface area contributed by atoms with Crippen LogP contribution in [0.2, 0.25) is 0 Å². The van der Waals surface area contributed by atoms with Crippen molar-refractivity contribution < 1.29 is 4.21 Å². The first-order valence-corrected chi connectivity index (χ1v) is 5.44. The third kappa shape index (κ3) is 5.15. The summed E-state index contributed by atoms with van der Waals surface area (Å²) in [5.74, 6) is 0.665. The Kier molecular flexibility index (Phi) is 5.41. The van der Waals surface area contributed by atoms with Crippen molar-refractivity contribution in [2.24, 2.45) is 0 Å². The van der Waals surface area contributed by atoms with Crippen LogP contribution in [0.25, 0.3) is 0 Å². The third-order valence-corrected chi connectivity index (χ3v) is 2.55. The summed E-state index contributed by atoms with van der Waals surface area (Å²) in [5, 5.41) is 3.54. The number of nitrogens with one attached hydrogen (secondary N) is 1. The maximum absolute atomic E-state index is 10.7. The molecule has 1 unspecified atom stereocenters. The minimum Gasteiger partial charge on any atom is -0.366 e. The summed E-state index contributed by atoms with van der Waals surface area (Å²) in [6.07, 6.45) is 1.69. The molecule has 0 aromatic heterocycles. The van der Waals surface area contributed by atoms with Gasteiger partial charge in [0, 0.05) is 43.4 Å². The zero-order valence-corrected chi connectivity index (χ0v) is 8.72. The van der Waals surface area contributed by atoms with Crippen LogP contribution < -0.4 is 5.32 Å². The molecule has 5 heteroatoms. The Balaban J connectivity index is 3.60. The van der Waals surface area contributed by atoms with Gasteiger partial charge in [0.15, 0.2) is 5.11 Å². The second kappa shape index (κ2) is 5.49. The SMILES string of the molecule is CNC(=S)N(C)CCS(C)=O. The molecule has 0 saturated carbocycles. The van der Waals surface area contributed by atoms with E-state index in [4.69, 9.17) is 12.2 Å². The fraction of sp³-hybridized carbons (Fsp3) is 0.833. The van der Waals surface area contributed by atoms with Crippen LogP contribution in [0.3, 0.4) is 0 Å². The summed E-state index contributed by atoms with van der Waals surface area (Å²) in [5.41, 5.74) is 0. The van der Waals surface area contributed by atoms with Gasteiger partial charge in [-0.25, -0.2) is 0 Å². The van der Waals surface area contributed by atoms with Crippen molar-refractivity contribution in [3.8, 4) is 0 Å². The highest BCUT2D eigenvalue weighted by Crippen LogP contribution is 1.85. The molecule has 1 atom stereocenters. The number of thiocarbonyl (C=S) groups is 1. The molecule has 0 aromatic rings. The Labute approximate surface area is 75.6 Å². The summed E-state index contributed by atoms with van der Waals surface area (Å²) in [6.45, 7) is 0.739. The first-order chi connectivity index (χ1) is 5.07. The van der Waals surface area contributed by atoms with Crippen LogP contribution in [0.1, 0.15) is 0 Å². The molecule has 1 N–H and O–H groups in total. The Hall–Kier alpha value is -0.160. The molecular formula is C6H14N2OS2. The second-order valence-corrected chi connectivity index (χ2v) is 4.20. The van der Waals surface area contributed by atoms with Crippen molar-refractivity contribution in [3.05, 3.63) is 0 Å². The molecule has 0 aliphatic heterocycles. The molecule has 0 amide bonds. The van der Waals surface area contributed by atoms with Crippen molar-refractivity contribution in [1.29, 1.82) is 0 Å². The molecule has 0 fully saturated rings. The number of rotatable bonds is 3. The molecule has 0 aliphatic rings. The van der Waals surface area contributed by atoms with Gasteiger partial charge in [-0.15, -0.1) is 0 Å². The van der Waals surface area contributed by atoms with E-state index in [0.29, 0.717) is 10.9 Å². The van der Waals surface area contributed by atoms with Gasteiger partial charge in [-0.1, -0.05) is 0 Å².